The number of carbonyl (C=O) groups excluding carboxylic acids is 1. The Hall–Kier alpha value is -1.24. The second-order valence-corrected chi connectivity index (χ2v) is 13.0. The van der Waals surface area contributed by atoms with Gasteiger partial charge in [-0.2, -0.15) is 0 Å². The van der Waals surface area contributed by atoms with Crippen LogP contribution in [0.25, 0.3) is 0 Å². The fourth-order valence-electron chi connectivity index (χ4n) is 2.90. The molecule has 132 valence electrons. The van der Waals surface area contributed by atoms with Crippen LogP contribution >= 0.6 is 0 Å². The van der Waals surface area contributed by atoms with E-state index in [1.54, 1.807) is 6.07 Å². The van der Waals surface area contributed by atoms with Gasteiger partial charge in [0.15, 0.2) is 14.1 Å². The van der Waals surface area contributed by atoms with E-state index in [0.717, 1.165) is 6.42 Å². The Morgan fingerprint density at radius 3 is 2.50 bits per heavy atom. The molecular formula is C18H26O5Si. The van der Waals surface area contributed by atoms with Gasteiger partial charge in [-0.15, -0.1) is 0 Å². The molecule has 0 aromatic carbocycles. The molecule has 0 N–H and O–H groups in total. The van der Waals surface area contributed by atoms with Crippen molar-refractivity contribution in [2.75, 3.05) is 0 Å². The summed E-state index contributed by atoms with van der Waals surface area (Å²) in [7, 11) is -2.12. The van der Waals surface area contributed by atoms with Crippen LogP contribution in [-0.4, -0.2) is 26.3 Å². The standard InChI is InChI=1S/C18H26O5Si/c1-7-8-10-9-11-12(17(20)21-10)14(16-15(22-16)13(11)19)23-24(5,6)18(2,3)4/h9,14-16H,7-8H2,1-6H3/t14-,15-,16+/m0/s1. The zero-order valence-electron chi connectivity index (χ0n) is 15.3. The number of aryl methyl sites for hydroxylation is 1. The predicted molar refractivity (Wildman–Crippen MR) is 93.0 cm³/mol. The van der Waals surface area contributed by atoms with Crippen molar-refractivity contribution < 1.29 is 18.4 Å². The maximum Gasteiger partial charge on any atom is 0.342 e. The Labute approximate surface area is 143 Å². The summed E-state index contributed by atoms with van der Waals surface area (Å²) >= 11 is 0. The SMILES string of the molecule is CCCc1cc2c(c(=O)o1)[C@H](O[Si](C)(C)C(C)(C)C)[C@H]1O[C@H]1C2=O. The molecule has 1 fully saturated rings. The highest BCUT2D eigenvalue weighted by Gasteiger charge is 2.59. The molecule has 3 atom stereocenters. The zero-order chi connectivity index (χ0) is 17.9. The number of epoxide rings is 1. The highest BCUT2D eigenvalue weighted by molar-refractivity contribution is 6.74. The maximum atomic E-state index is 12.6. The fourth-order valence-corrected chi connectivity index (χ4v) is 4.14. The lowest BCUT2D eigenvalue weighted by atomic mass is 9.89. The van der Waals surface area contributed by atoms with Crippen molar-refractivity contribution in [3.8, 4) is 0 Å². The van der Waals surface area contributed by atoms with E-state index < -0.39 is 26.2 Å². The van der Waals surface area contributed by atoms with Gasteiger partial charge in [0.2, 0.25) is 0 Å². The molecule has 1 saturated heterocycles. The van der Waals surface area contributed by atoms with Crippen molar-refractivity contribution in [3.63, 3.8) is 0 Å². The molecule has 0 radical (unpaired) electrons. The minimum absolute atomic E-state index is 0.00134. The summed E-state index contributed by atoms with van der Waals surface area (Å²) in [4.78, 5) is 25.1. The van der Waals surface area contributed by atoms with Gasteiger partial charge in [-0.3, -0.25) is 4.79 Å². The minimum Gasteiger partial charge on any atom is -0.428 e. The van der Waals surface area contributed by atoms with Gasteiger partial charge in [0.25, 0.3) is 0 Å². The van der Waals surface area contributed by atoms with Crippen molar-refractivity contribution in [2.24, 2.45) is 0 Å². The third kappa shape index (κ3) is 2.80. The van der Waals surface area contributed by atoms with Crippen molar-refractivity contribution >= 4 is 14.1 Å². The van der Waals surface area contributed by atoms with Gasteiger partial charge in [-0.05, 0) is 30.6 Å². The zero-order valence-corrected chi connectivity index (χ0v) is 16.3. The summed E-state index contributed by atoms with van der Waals surface area (Å²) in [5, 5.41) is 0.00134. The molecule has 0 spiro atoms. The number of rotatable bonds is 4. The Bertz CT molecular complexity index is 728. The van der Waals surface area contributed by atoms with E-state index in [1.165, 1.54) is 0 Å². The number of hydrogen-bond acceptors (Lipinski definition) is 5. The van der Waals surface area contributed by atoms with Gasteiger partial charge in [0.1, 0.15) is 24.1 Å². The third-order valence-electron chi connectivity index (χ3n) is 5.40. The summed E-state index contributed by atoms with van der Waals surface area (Å²) < 4.78 is 17.5. The van der Waals surface area contributed by atoms with Gasteiger partial charge >= 0.3 is 5.63 Å². The highest BCUT2D eigenvalue weighted by Crippen LogP contribution is 2.48. The molecule has 6 heteroatoms. The molecule has 0 bridgehead atoms. The first kappa shape index (κ1) is 17.6. The molecule has 1 aromatic rings. The van der Waals surface area contributed by atoms with Crippen LogP contribution < -0.4 is 5.63 Å². The Balaban J connectivity index is 2.04. The first-order valence-electron chi connectivity index (χ1n) is 8.61. The van der Waals surface area contributed by atoms with E-state index in [9.17, 15) is 9.59 Å². The highest BCUT2D eigenvalue weighted by atomic mass is 28.4. The first-order valence-corrected chi connectivity index (χ1v) is 11.5. The summed E-state index contributed by atoms with van der Waals surface area (Å²) in [5.41, 5.74) is 0.322. The van der Waals surface area contributed by atoms with Crippen molar-refractivity contribution in [1.29, 1.82) is 0 Å². The number of hydrogen-bond donors (Lipinski definition) is 0. The van der Waals surface area contributed by atoms with Gasteiger partial charge in [0, 0.05) is 12.0 Å². The molecule has 0 amide bonds. The van der Waals surface area contributed by atoms with Gasteiger partial charge < -0.3 is 13.6 Å². The van der Waals surface area contributed by atoms with Gasteiger partial charge in [-0.1, -0.05) is 27.7 Å². The minimum atomic E-state index is -2.12. The molecular weight excluding hydrogens is 324 g/mol. The molecule has 1 aromatic heterocycles. The molecule has 1 aliphatic carbocycles. The molecule has 24 heavy (non-hydrogen) atoms. The van der Waals surface area contributed by atoms with Gasteiger partial charge in [-0.25, -0.2) is 4.79 Å². The van der Waals surface area contributed by atoms with Crippen LogP contribution in [0.1, 0.15) is 61.9 Å². The molecule has 2 aliphatic rings. The van der Waals surface area contributed by atoms with E-state index in [-0.39, 0.29) is 16.9 Å². The molecule has 0 unspecified atom stereocenters. The number of carbonyl (C=O) groups is 1. The molecule has 1 aliphatic heterocycles. The quantitative estimate of drug-likeness (QED) is 0.613. The van der Waals surface area contributed by atoms with Crippen LogP contribution in [0.15, 0.2) is 15.3 Å². The lowest BCUT2D eigenvalue weighted by Crippen LogP contribution is -2.45. The van der Waals surface area contributed by atoms with E-state index >= 15 is 0 Å². The Morgan fingerprint density at radius 1 is 1.25 bits per heavy atom. The molecule has 5 nitrogen and oxygen atoms in total. The Morgan fingerprint density at radius 2 is 1.92 bits per heavy atom. The number of fused-ring (bicyclic) bond motifs is 2. The van der Waals surface area contributed by atoms with E-state index in [2.05, 4.69) is 33.9 Å². The van der Waals surface area contributed by atoms with Crippen molar-refractivity contribution in [3.05, 3.63) is 33.4 Å². The topological polar surface area (TPSA) is 69.0 Å². The second-order valence-electron chi connectivity index (χ2n) is 8.26. The normalized spacial score (nSPS) is 26.1. The number of ether oxygens (including phenoxy) is 1. The first-order chi connectivity index (χ1) is 11.1. The number of Topliss-reactive ketones (excluding diaryl/α,β-unsaturated/α-hetero) is 1. The summed E-state index contributed by atoms with van der Waals surface area (Å²) in [6.07, 6.45) is 0.166. The van der Waals surface area contributed by atoms with Gasteiger partial charge in [0.05, 0.1) is 5.56 Å². The average Bonchev–Trinajstić information content (AvgIpc) is 3.23. The van der Waals surface area contributed by atoms with E-state index in [1.807, 2.05) is 6.92 Å². The summed E-state index contributed by atoms with van der Waals surface area (Å²) in [5.74, 6) is 0.440. The van der Waals surface area contributed by atoms with Crippen LogP contribution in [0.3, 0.4) is 0 Å². The van der Waals surface area contributed by atoms with Crippen LogP contribution in [0.2, 0.25) is 18.1 Å². The molecule has 0 saturated carbocycles. The molecule has 3 rings (SSSR count). The van der Waals surface area contributed by atoms with E-state index in [4.69, 9.17) is 13.6 Å². The van der Waals surface area contributed by atoms with Crippen LogP contribution in [-0.2, 0) is 15.6 Å². The van der Waals surface area contributed by atoms with Crippen LogP contribution in [0.4, 0.5) is 0 Å². The fraction of sp³-hybridized carbons (Fsp3) is 0.667. The van der Waals surface area contributed by atoms with Crippen LogP contribution in [0.5, 0.6) is 0 Å². The second kappa shape index (κ2) is 5.64. The summed E-state index contributed by atoms with van der Waals surface area (Å²) in [6, 6.07) is 1.71. The van der Waals surface area contributed by atoms with E-state index in [0.29, 0.717) is 23.3 Å². The Kier molecular flexibility index (Phi) is 4.13. The maximum absolute atomic E-state index is 12.6. The monoisotopic (exact) mass is 350 g/mol. The lowest BCUT2D eigenvalue weighted by molar-refractivity contribution is 0.0939. The summed E-state index contributed by atoms with van der Waals surface area (Å²) in [6.45, 7) is 12.7. The van der Waals surface area contributed by atoms with Crippen molar-refractivity contribution in [1.82, 2.24) is 0 Å². The average molecular weight is 350 g/mol. The van der Waals surface area contributed by atoms with Crippen molar-refractivity contribution in [2.45, 2.75) is 77.0 Å². The predicted octanol–water partition coefficient (Wildman–Crippen LogP) is 3.62. The third-order valence-corrected chi connectivity index (χ3v) is 9.85. The molecule has 2 heterocycles. The van der Waals surface area contributed by atoms with Crippen LogP contribution in [0, 0.1) is 0 Å². The smallest absolute Gasteiger partial charge is 0.342 e. The number of ketones is 1. The largest absolute Gasteiger partial charge is 0.428 e. The lowest BCUT2D eigenvalue weighted by Gasteiger charge is -2.39.